The van der Waals surface area contributed by atoms with Crippen LogP contribution < -0.4 is 0 Å². The van der Waals surface area contributed by atoms with Crippen molar-refractivity contribution in [1.29, 1.82) is 0 Å². The van der Waals surface area contributed by atoms with E-state index in [1.54, 1.807) is 0 Å². The predicted octanol–water partition coefficient (Wildman–Crippen LogP) is 7.21. The van der Waals surface area contributed by atoms with Crippen molar-refractivity contribution in [1.82, 2.24) is 14.7 Å². The maximum atomic E-state index is 12.9. The van der Waals surface area contributed by atoms with Crippen LogP contribution in [0.4, 0.5) is 4.79 Å². The average Bonchev–Trinajstić information content (AvgIpc) is 3.64. The zero-order valence-electron chi connectivity index (χ0n) is 34.9. The first kappa shape index (κ1) is 37.3. The van der Waals surface area contributed by atoms with Gasteiger partial charge in [0.05, 0.1) is 50.7 Å². The van der Waals surface area contributed by atoms with Crippen LogP contribution >= 0.6 is 0 Å². The minimum Gasteiger partial charge on any atom is -0.443 e. The Kier molecular flexibility index (Phi) is 8.99. The number of likely N-dealkylation sites (tertiary alicyclic amines) is 2. The monoisotopic (exact) mass is 752 g/mol. The molecule has 10 fully saturated rings. The Bertz CT molecular complexity index is 1440. The molecule has 1 amide bonds. The highest BCUT2D eigenvalue weighted by Crippen LogP contribution is 2.87. The molecule has 12 atom stereocenters. The van der Waals surface area contributed by atoms with Gasteiger partial charge in [-0.15, -0.1) is 0 Å². The number of nitrogens with zero attached hydrogens (tertiary/aromatic N) is 3. The topological polar surface area (TPSA) is 72.9 Å². The van der Waals surface area contributed by atoms with Gasteiger partial charge in [0, 0.05) is 44.2 Å². The van der Waals surface area contributed by atoms with Crippen LogP contribution in [0.1, 0.15) is 119 Å². The van der Waals surface area contributed by atoms with E-state index in [0.717, 1.165) is 76.6 Å². The highest BCUT2D eigenvalue weighted by Gasteiger charge is 2.81. The van der Waals surface area contributed by atoms with Crippen LogP contribution in [0.5, 0.6) is 0 Å². The molecule has 9 heteroatoms. The normalized spacial score (nSPS) is 46.9. The Labute approximate surface area is 326 Å². The van der Waals surface area contributed by atoms with Crippen molar-refractivity contribution in [3.05, 3.63) is 0 Å². The van der Waals surface area contributed by atoms with Gasteiger partial charge in [0.25, 0.3) is 0 Å². The predicted molar refractivity (Wildman–Crippen MR) is 207 cm³/mol. The van der Waals surface area contributed by atoms with E-state index in [1.807, 2.05) is 4.90 Å². The van der Waals surface area contributed by atoms with Crippen molar-refractivity contribution in [2.24, 2.45) is 57.2 Å². The summed E-state index contributed by atoms with van der Waals surface area (Å²) in [7, 11) is 0. The van der Waals surface area contributed by atoms with E-state index in [2.05, 4.69) is 58.3 Å². The molecular weight excluding hydrogens is 679 g/mol. The smallest absolute Gasteiger partial charge is 0.410 e. The second kappa shape index (κ2) is 13.0. The first-order valence-electron chi connectivity index (χ1n) is 22.7. The molecule has 10 rings (SSSR count). The summed E-state index contributed by atoms with van der Waals surface area (Å²) in [4.78, 5) is 20.1. The number of carbonyl (C=O) groups is 1. The molecule has 5 aliphatic heterocycles. The number of hydrogen-bond donors (Lipinski definition) is 0. The van der Waals surface area contributed by atoms with E-state index >= 15 is 0 Å². The third-order valence-corrected chi connectivity index (χ3v) is 19.1. The van der Waals surface area contributed by atoms with Crippen LogP contribution in [0.2, 0.25) is 0 Å². The zero-order chi connectivity index (χ0) is 37.4. The van der Waals surface area contributed by atoms with Crippen molar-refractivity contribution in [3.8, 4) is 0 Å². The third kappa shape index (κ3) is 5.45. The third-order valence-electron chi connectivity index (χ3n) is 19.1. The molecule has 0 aromatic rings. The van der Waals surface area contributed by atoms with Gasteiger partial charge in [0.1, 0.15) is 6.10 Å². The Morgan fingerprint density at radius 3 is 2.35 bits per heavy atom. The molecule has 0 N–H and O–H groups in total. The van der Waals surface area contributed by atoms with Gasteiger partial charge in [-0.1, -0.05) is 34.6 Å². The fourth-order valence-electron chi connectivity index (χ4n) is 15.4. The molecule has 9 nitrogen and oxygen atoms in total. The molecule has 0 bridgehead atoms. The minimum atomic E-state index is -0.155. The van der Waals surface area contributed by atoms with Crippen LogP contribution in [0.3, 0.4) is 0 Å². The van der Waals surface area contributed by atoms with Gasteiger partial charge >= 0.3 is 6.09 Å². The Balaban J connectivity index is 0.787. The summed E-state index contributed by atoms with van der Waals surface area (Å²) in [6.07, 6.45) is 14.2. The molecule has 0 aromatic heterocycles. The maximum absolute atomic E-state index is 12.9. The lowest BCUT2D eigenvalue weighted by Crippen LogP contribution is -2.68. The second-order valence-corrected chi connectivity index (χ2v) is 22.1. The highest BCUT2D eigenvalue weighted by molar-refractivity contribution is 5.68. The molecule has 5 heterocycles. The number of hydrogen-bond acceptors (Lipinski definition) is 8. The Morgan fingerprint density at radius 2 is 1.65 bits per heavy atom. The lowest BCUT2D eigenvalue weighted by Gasteiger charge is -2.60. The van der Waals surface area contributed by atoms with E-state index < -0.39 is 0 Å². The molecular formula is C45H73N3O6. The van der Waals surface area contributed by atoms with Gasteiger partial charge in [0.2, 0.25) is 0 Å². The molecule has 5 saturated carbocycles. The van der Waals surface area contributed by atoms with Crippen LogP contribution in [0, 0.1) is 57.2 Å². The summed E-state index contributed by atoms with van der Waals surface area (Å²) in [6.45, 7) is 25.6. The molecule has 5 saturated heterocycles. The SMILES string of the molecule is CC(C)[C@@H](OC(=O)N1CCC1)C1CCC2C(CC3C4CCC5C(C)(C)[C@@H](OC6CN(C(C)(C)C7CN(C8COC8)C7)CCO6)CC[C@@]56C[C@@]46CC[C@]23C)O1. The lowest BCUT2D eigenvalue weighted by molar-refractivity contribution is -0.255. The van der Waals surface area contributed by atoms with Crippen LogP contribution in [0.25, 0.3) is 0 Å². The summed E-state index contributed by atoms with van der Waals surface area (Å²) < 4.78 is 32.3. The molecule has 2 spiro atoms. The molecule has 5 aliphatic carbocycles. The summed E-state index contributed by atoms with van der Waals surface area (Å²) in [5, 5.41) is 0. The van der Waals surface area contributed by atoms with Crippen LogP contribution in [0.15, 0.2) is 0 Å². The van der Waals surface area contributed by atoms with Crippen LogP contribution in [-0.2, 0) is 23.7 Å². The van der Waals surface area contributed by atoms with Gasteiger partial charge in [-0.25, -0.2) is 4.79 Å². The van der Waals surface area contributed by atoms with Crippen molar-refractivity contribution < 1.29 is 28.5 Å². The molecule has 0 aromatic carbocycles. The minimum absolute atomic E-state index is 0.0237. The van der Waals surface area contributed by atoms with E-state index in [9.17, 15) is 4.79 Å². The fourth-order valence-corrected chi connectivity index (χ4v) is 15.4. The Morgan fingerprint density at radius 1 is 0.870 bits per heavy atom. The van der Waals surface area contributed by atoms with Crippen molar-refractivity contribution in [3.63, 3.8) is 0 Å². The van der Waals surface area contributed by atoms with E-state index in [0.29, 0.717) is 40.2 Å². The van der Waals surface area contributed by atoms with E-state index in [-0.39, 0.29) is 47.6 Å². The quantitative estimate of drug-likeness (QED) is 0.258. The Hall–Kier alpha value is -0.970. The first-order chi connectivity index (χ1) is 25.8. The lowest BCUT2D eigenvalue weighted by atomic mass is 9.46. The molecule has 10 aliphatic rings. The second-order valence-electron chi connectivity index (χ2n) is 22.1. The number of rotatable bonds is 8. The maximum Gasteiger partial charge on any atom is 0.410 e. The largest absolute Gasteiger partial charge is 0.443 e. The fraction of sp³-hybridized carbons (Fsp3) is 0.978. The highest BCUT2D eigenvalue weighted by atomic mass is 16.7. The number of ether oxygens (including phenoxy) is 5. The van der Waals surface area contributed by atoms with Crippen molar-refractivity contribution in [2.45, 2.75) is 161 Å². The number of fused-ring (bicyclic) bond motifs is 4. The number of morpholine rings is 1. The summed E-state index contributed by atoms with van der Waals surface area (Å²) in [5.41, 5.74) is 1.68. The summed E-state index contributed by atoms with van der Waals surface area (Å²) in [6, 6.07) is 0.648. The van der Waals surface area contributed by atoms with Gasteiger partial charge in [0.15, 0.2) is 6.29 Å². The van der Waals surface area contributed by atoms with E-state index in [1.165, 1.54) is 70.9 Å². The first-order valence-corrected chi connectivity index (χ1v) is 22.7. The molecule has 7 unspecified atom stereocenters. The summed E-state index contributed by atoms with van der Waals surface area (Å²) in [5.74, 6) is 3.90. The van der Waals surface area contributed by atoms with E-state index in [4.69, 9.17) is 23.7 Å². The average molecular weight is 752 g/mol. The van der Waals surface area contributed by atoms with Gasteiger partial charge < -0.3 is 28.6 Å². The van der Waals surface area contributed by atoms with Gasteiger partial charge in [-0.3, -0.25) is 9.80 Å². The van der Waals surface area contributed by atoms with Crippen LogP contribution in [-0.4, -0.2) is 122 Å². The number of carbonyl (C=O) groups excluding carboxylic acids is 1. The molecule has 54 heavy (non-hydrogen) atoms. The van der Waals surface area contributed by atoms with Crippen molar-refractivity contribution in [2.75, 3.05) is 59.1 Å². The van der Waals surface area contributed by atoms with Gasteiger partial charge in [-0.05, 0) is 136 Å². The number of amides is 1. The summed E-state index contributed by atoms with van der Waals surface area (Å²) >= 11 is 0. The van der Waals surface area contributed by atoms with Gasteiger partial charge in [-0.2, -0.15) is 0 Å². The van der Waals surface area contributed by atoms with Crippen molar-refractivity contribution >= 4 is 6.09 Å². The standard InChI is InChI=1S/C45H73N3O6/c1-28(2)39(54-40(49)46-17-8-18-46)34-11-9-32-35(52-34)21-33-31-10-12-36-41(3,4)37(13-14-45(36)27-44(31,45)16-15-43(32,33)7)53-38-24-48(19-20-51-38)42(5,6)29-22-47(23-29)30-25-50-26-30/h28-39H,8-27H2,1-7H3/t31?,32?,33?,34?,35?,36?,37-,38?,39+,43+,44-,45+/m0/s1. The zero-order valence-corrected chi connectivity index (χ0v) is 34.9. The molecule has 0 radical (unpaired) electrons. The molecule has 304 valence electrons.